The monoisotopic (exact) mass is 592 g/mol. The summed E-state index contributed by atoms with van der Waals surface area (Å²) in [5.41, 5.74) is 5.42. The van der Waals surface area contributed by atoms with E-state index in [4.69, 9.17) is 23.2 Å². The van der Waals surface area contributed by atoms with Crippen molar-refractivity contribution in [2.75, 3.05) is 56.0 Å². The first-order chi connectivity index (χ1) is 19.9. The van der Waals surface area contributed by atoms with Crippen LogP contribution in [0.1, 0.15) is 42.4 Å². The van der Waals surface area contributed by atoms with Crippen molar-refractivity contribution in [3.8, 4) is 0 Å². The van der Waals surface area contributed by atoms with Gasteiger partial charge in [0.15, 0.2) is 5.78 Å². The molecular weight excluding hydrogens is 555 g/mol. The standard InChI is InChI=1S/C33H38Cl2N4O2/c1-2-24-5-3-6-28(21-24)38-19-17-37(18-20-38)23-29(40)22-25-9-11-26(12-10-25)27-13-15-39(16-14-27)33(41)36-32-30(34)7-4-8-31(32)35/h3-12,21,27H,2,13-20,22-23H2,1H3,(H,36,41). The number of likely N-dealkylation sites (tertiary alicyclic amines) is 1. The van der Waals surface area contributed by atoms with Crippen molar-refractivity contribution in [1.82, 2.24) is 9.80 Å². The molecule has 0 saturated carbocycles. The third-order valence-corrected chi connectivity index (χ3v) is 8.92. The average Bonchev–Trinajstić information content (AvgIpc) is 3.00. The molecule has 216 valence electrons. The Bertz CT molecular complexity index is 1330. The fourth-order valence-corrected chi connectivity index (χ4v) is 6.29. The van der Waals surface area contributed by atoms with Crippen LogP contribution < -0.4 is 10.2 Å². The molecule has 2 heterocycles. The Morgan fingerprint density at radius 3 is 2.15 bits per heavy atom. The molecule has 1 N–H and O–H groups in total. The second-order valence-corrected chi connectivity index (χ2v) is 11.8. The summed E-state index contributed by atoms with van der Waals surface area (Å²) in [5.74, 6) is 0.652. The summed E-state index contributed by atoms with van der Waals surface area (Å²) in [4.78, 5) is 32.1. The van der Waals surface area contributed by atoms with Gasteiger partial charge >= 0.3 is 6.03 Å². The number of rotatable bonds is 8. The molecule has 2 saturated heterocycles. The third-order valence-electron chi connectivity index (χ3n) is 8.29. The lowest BCUT2D eigenvalue weighted by molar-refractivity contribution is -0.119. The second kappa shape index (κ2) is 13.7. The zero-order valence-electron chi connectivity index (χ0n) is 23.6. The maximum Gasteiger partial charge on any atom is 0.321 e. The number of para-hydroxylation sites is 1. The van der Waals surface area contributed by atoms with Crippen LogP contribution in [0, 0.1) is 0 Å². The van der Waals surface area contributed by atoms with Gasteiger partial charge < -0.3 is 15.1 Å². The molecule has 0 spiro atoms. The quantitative estimate of drug-likeness (QED) is 0.309. The number of anilines is 2. The van der Waals surface area contributed by atoms with Crippen molar-refractivity contribution < 1.29 is 9.59 Å². The highest BCUT2D eigenvalue weighted by atomic mass is 35.5. The van der Waals surface area contributed by atoms with Gasteiger partial charge in [-0.3, -0.25) is 9.69 Å². The minimum atomic E-state index is -0.181. The number of urea groups is 1. The predicted molar refractivity (Wildman–Crippen MR) is 169 cm³/mol. The highest BCUT2D eigenvalue weighted by molar-refractivity contribution is 6.39. The zero-order chi connectivity index (χ0) is 28.8. The molecule has 2 aliphatic rings. The molecule has 0 atom stereocenters. The minimum Gasteiger partial charge on any atom is -0.369 e. The number of nitrogens with one attached hydrogen (secondary N) is 1. The maximum absolute atomic E-state index is 12.9. The SMILES string of the molecule is CCc1cccc(N2CCN(CC(=O)Cc3ccc(C4CCN(C(=O)Nc5c(Cl)cccc5Cl)CC4)cc3)CC2)c1. The normalized spacial score (nSPS) is 16.6. The number of benzene rings is 3. The van der Waals surface area contributed by atoms with Crippen LogP contribution in [-0.2, 0) is 17.6 Å². The van der Waals surface area contributed by atoms with Gasteiger partial charge in [-0.25, -0.2) is 4.79 Å². The second-order valence-electron chi connectivity index (χ2n) is 11.0. The number of carbonyl (C=O) groups excluding carboxylic acids is 2. The summed E-state index contributed by atoms with van der Waals surface area (Å²) in [6.07, 6.45) is 3.28. The molecule has 3 aromatic rings. The number of amides is 2. The van der Waals surface area contributed by atoms with E-state index in [0.717, 1.165) is 51.0 Å². The van der Waals surface area contributed by atoms with Crippen LogP contribution in [0.15, 0.2) is 66.7 Å². The average molecular weight is 594 g/mol. The highest BCUT2D eigenvalue weighted by Gasteiger charge is 2.25. The number of hydrogen-bond acceptors (Lipinski definition) is 4. The molecule has 0 radical (unpaired) electrons. The number of halogens is 2. The predicted octanol–water partition coefficient (Wildman–Crippen LogP) is 6.90. The largest absolute Gasteiger partial charge is 0.369 e. The van der Waals surface area contributed by atoms with E-state index in [1.165, 1.54) is 16.8 Å². The van der Waals surface area contributed by atoms with Crippen LogP contribution in [0.3, 0.4) is 0 Å². The van der Waals surface area contributed by atoms with Crippen molar-refractivity contribution in [1.29, 1.82) is 0 Å². The van der Waals surface area contributed by atoms with Crippen molar-refractivity contribution in [2.24, 2.45) is 0 Å². The van der Waals surface area contributed by atoms with E-state index in [1.54, 1.807) is 18.2 Å². The van der Waals surface area contributed by atoms with E-state index in [0.29, 0.717) is 47.7 Å². The van der Waals surface area contributed by atoms with E-state index >= 15 is 0 Å². The molecule has 0 aromatic heterocycles. The first-order valence-electron chi connectivity index (χ1n) is 14.6. The Hall–Kier alpha value is -3.06. The van der Waals surface area contributed by atoms with Crippen molar-refractivity contribution in [3.63, 3.8) is 0 Å². The molecule has 0 aliphatic carbocycles. The van der Waals surface area contributed by atoms with E-state index in [9.17, 15) is 9.59 Å². The van der Waals surface area contributed by atoms with Gasteiger partial charge in [0, 0.05) is 51.4 Å². The Morgan fingerprint density at radius 1 is 0.829 bits per heavy atom. The molecule has 0 unspecified atom stereocenters. The molecule has 2 amide bonds. The zero-order valence-corrected chi connectivity index (χ0v) is 25.1. The Kier molecular flexibility index (Phi) is 9.86. The summed E-state index contributed by atoms with van der Waals surface area (Å²) >= 11 is 12.4. The van der Waals surface area contributed by atoms with E-state index in [-0.39, 0.29) is 11.8 Å². The number of nitrogens with zero attached hydrogens (tertiary/aromatic N) is 3. The van der Waals surface area contributed by atoms with Crippen molar-refractivity contribution >= 4 is 46.4 Å². The third kappa shape index (κ3) is 7.62. The molecular formula is C33H38Cl2N4O2. The fraction of sp³-hybridized carbons (Fsp3) is 0.394. The van der Waals surface area contributed by atoms with Crippen LogP contribution in [0.2, 0.25) is 10.0 Å². The first-order valence-corrected chi connectivity index (χ1v) is 15.3. The molecule has 5 rings (SSSR count). The van der Waals surface area contributed by atoms with Gasteiger partial charge in [0.1, 0.15) is 0 Å². The lowest BCUT2D eigenvalue weighted by atomic mass is 9.89. The van der Waals surface area contributed by atoms with Crippen LogP contribution in [0.5, 0.6) is 0 Å². The van der Waals surface area contributed by atoms with Gasteiger partial charge in [0.25, 0.3) is 0 Å². The Labute approximate surface area is 253 Å². The topological polar surface area (TPSA) is 55.9 Å². The molecule has 2 fully saturated rings. The number of hydrogen-bond donors (Lipinski definition) is 1. The van der Waals surface area contributed by atoms with Crippen LogP contribution >= 0.6 is 23.2 Å². The molecule has 8 heteroatoms. The van der Waals surface area contributed by atoms with Gasteiger partial charge in [-0.1, -0.05) is 72.6 Å². The fourth-order valence-electron chi connectivity index (χ4n) is 5.80. The lowest BCUT2D eigenvalue weighted by Gasteiger charge is -2.36. The molecule has 41 heavy (non-hydrogen) atoms. The molecule has 2 aliphatic heterocycles. The van der Waals surface area contributed by atoms with E-state index in [1.807, 2.05) is 4.90 Å². The maximum atomic E-state index is 12.9. The summed E-state index contributed by atoms with van der Waals surface area (Å²) in [6, 6.07) is 22.2. The number of ketones is 1. The summed E-state index contributed by atoms with van der Waals surface area (Å²) < 4.78 is 0. The van der Waals surface area contributed by atoms with Crippen molar-refractivity contribution in [3.05, 3.63) is 93.5 Å². The Balaban J connectivity index is 1.05. The van der Waals surface area contributed by atoms with Gasteiger partial charge in [-0.2, -0.15) is 0 Å². The van der Waals surface area contributed by atoms with Gasteiger partial charge in [0.2, 0.25) is 0 Å². The van der Waals surface area contributed by atoms with Crippen LogP contribution in [0.25, 0.3) is 0 Å². The molecule has 6 nitrogen and oxygen atoms in total. The van der Waals surface area contributed by atoms with E-state index < -0.39 is 0 Å². The molecule has 3 aromatic carbocycles. The van der Waals surface area contributed by atoms with Crippen molar-refractivity contribution in [2.45, 2.75) is 38.5 Å². The highest BCUT2D eigenvalue weighted by Crippen LogP contribution is 2.32. The summed E-state index contributed by atoms with van der Waals surface area (Å²) in [7, 11) is 0. The van der Waals surface area contributed by atoms with Crippen LogP contribution in [0.4, 0.5) is 16.2 Å². The number of aryl methyl sites for hydroxylation is 1. The van der Waals surface area contributed by atoms with Gasteiger partial charge in [0.05, 0.1) is 22.3 Å². The number of carbonyl (C=O) groups is 2. The minimum absolute atomic E-state index is 0.181. The first kappa shape index (κ1) is 29.4. The molecule has 0 bridgehead atoms. The number of Topliss-reactive ketones (excluding diaryl/α,β-unsaturated/α-hetero) is 1. The smallest absolute Gasteiger partial charge is 0.321 e. The van der Waals surface area contributed by atoms with Crippen LogP contribution in [-0.4, -0.2) is 67.4 Å². The number of piperazine rings is 1. The van der Waals surface area contributed by atoms with Gasteiger partial charge in [-0.15, -0.1) is 0 Å². The summed E-state index contributed by atoms with van der Waals surface area (Å²) in [5, 5.41) is 3.71. The lowest BCUT2D eigenvalue weighted by Crippen LogP contribution is -2.48. The Morgan fingerprint density at radius 2 is 1.49 bits per heavy atom. The summed E-state index contributed by atoms with van der Waals surface area (Å²) in [6.45, 7) is 7.72. The number of piperidine rings is 1. The van der Waals surface area contributed by atoms with Gasteiger partial charge in [-0.05, 0) is 66.1 Å². The van der Waals surface area contributed by atoms with E-state index in [2.05, 4.69) is 70.6 Å².